The maximum atomic E-state index is 3.42. The van der Waals surface area contributed by atoms with Gasteiger partial charge in [-0.25, -0.2) is 0 Å². The lowest BCUT2D eigenvalue weighted by Gasteiger charge is -2.31. The van der Waals surface area contributed by atoms with Gasteiger partial charge >= 0.3 is 0 Å². The first-order valence-corrected chi connectivity index (χ1v) is 6.38. The maximum absolute atomic E-state index is 3.42. The van der Waals surface area contributed by atoms with E-state index in [4.69, 9.17) is 0 Å². The van der Waals surface area contributed by atoms with Crippen molar-refractivity contribution in [3.63, 3.8) is 0 Å². The molecule has 3 rings (SSSR count). The summed E-state index contributed by atoms with van der Waals surface area (Å²) in [7, 11) is 0. The smallest absolute Gasteiger partial charge is 0.0108 e. The van der Waals surface area contributed by atoms with Gasteiger partial charge in [-0.05, 0) is 18.4 Å². The lowest BCUT2D eigenvalue weighted by molar-refractivity contribution is 0.221. The summed E-state index contributed by atoms with van der Waals surface area (Å²) in [4.78, 5) is 2.62. The number of piperazine rings is 1. The Hall–Kier alpha value is -0.860. The fraction of sp³-hybridized carbons (Fsp3) is 0.571. The number of nitrogens with one attached hydrogen (secondary N) is 1. The summed E-state index contributed by atoms with van der Waals surface area (Å²) in [5.41, 5.74) is 2.05. The molecule has 0 atom stereocenters. The largest absolute Gasteiger partial charge is 0.314 e. The predicted molar refractivity (Wildman–Crippen MR) is 66.7 cm³/mol. The lowest BCUT2D eigenvalue weighted by atomic mass is 9.95. The standard InChI is InChI=1S/C14H20N2/c1-2-4-13(5-3-1)14(6-7-14)12-16-10-8-15-9-11-16/h1-5,15H,6-12H2. The molecule has 1 saturated heterocycles. The Morgan fingerprint density at radius 2 is 1.75 bits per heavy atom. The summed E-state index contributed by atoms with van der Waals surface area (Å²) in [6.45, 7) is 6.01. The highest BCUT2D eigenvalue weighted by Gasteiger charge is 2.45. The van der Waals surface area contributed by atoms with Crippen LogP contribution in [0, 0.1) is 0 Å². The van der Waals surface area contributed by atoms with Gasteiger partial charge in [-0.15, -0.1) is 0 Å². The minimum atomic E-state index is 0.499. The van der Waals surface area contributed by atoms with Crippen LogP contribution in [0.4, 0.5) is 0 Å². The average Bonchev–Trinajstić information content (AvgIpc) is 3.13. The second-order valence-corrected chi connectivity index (χ2v) is 5.17. The van der Waals surface area contributed by atoms with Gasteiger partial charge < -0.3 is 5.32 Å². The zero-order chi connectivity index (χ0) is 10.8. The van der Waals surface area contributed by atoms with Crippen molar-refractivity contribution >= 4 is 0 Å². The molecule has 0 radical (unpaired) electrons. The molecule has 16 heavy (non-hydrogen) atoms. The summed E-state index contributed by atoms with van der Waals surface area (Å²) in [6.07, 6.45) is 2.75. The molecule has 0 amide bonds. The van der Waals surface area contributed by atoms with E-state index in [0.29, 0.717) is 5.41 Å². The monoisotopic (exact) mass is 216 g/mol. The number of rotatable bonds is 3. The molecule has 2 fully saturated rings. The van der Waals surface area contributed by atoms with Gasteiger partial charge in [0, 0.05) is 38.1 Å². The molecule has 1 aromatic rings. The minimum absolute atomic E-state index is 0.499. The topological polar surface area (TPSA) is 15.3 Å². The van der Waals surface area contributed by atoms with Crippen molar-refractivity contribution in [2.45, 2.75) is 18.3 Å². The number of hydrogen-bond donors (Lipinski definition) is 1. The Bertz CT molecular complexity index is 337. The predicted octanol–water partition coefficient (Wildman–Crippen LogP) is 1.62. The van der Waals surface area contributed by atoms with Crippen LogP contribution in [0.3, 0.4) is 0 Å². The van der Waals surface area contributed by atoms with Crippen LogP contribution in [0.15, 0.2) is 30.3 Å². The van der Waals surface area contributed by atoms with Crippen LogP contribution >= 0.6 is 0 Å². The van der Waals surface area contributed by atoms with Crippen molar-refractivity contribution in [1.82, 2.24) is 10.2 Å². The van der Waals surface area contributed by atoms with E-state index in [0.717, 1.165) is 13.1 Å². The highest BCUT2D eigenvalue weighted by molar-refractivity contribution is 5.31. The molecule has 2 heteroatoms. The molecule has 86 valence electrons. The van der Waals surface area contributed by atoms with E-state index in [1.165, 1.54) is 32.5 Å². The Morgan fingerprint density at radius 1 is 1.06 bits per heavy atom. The molecule has 1 N–H and O–H groups in total. The van der Waals surface area contributed by atoms with Crippen LogP contribution < -0.4 is 5.32 Å². The van der Waals surface area contributed by atoms with E-state index in [-0.39, 0.29) is 0 Å². The third-order valence-electron chi connectivity index (χ3n) is 3.98. The van der Waals surface area contributed by atoms with Gasteiger partial charge in [0.05, 0.1) is 0 Å². The third-order valence-corrected chi connectivity index (χ3v) is 3.98. The molecule has 1 aromatic carbocycles. The molecule has 1 aliphatic heterocycles. The van der Waals surface area contributed by atoms with Crippen molar-refractivity contribution in [2.24, 2.45) is 0 Å². The van der Waals surface area contributed by atoms with Crippen molar-refractivity contribution < 1.29 is 0 Å². The van der Waals surface area contributed by atoms with Gasteiger partial charge in [0.2, 0.25) is 0 Å². The molecule has 0 unspecified atom stereocenters. The van der Waals surface area contributed by atoms with E-state index in [2.05, 4.69) is 40.5 Å². The molecular formula is C14H20N2. The number of hydrogen-bond acceptors (Lipinski definition) is 2. The normalized spacial score (nSPS) is 24.2. The zero-order valence-corrected chi connectivity index (χ0v) is 9.78. The first-order valence-electron chi connectivity index (χ1n) is 6.38. The molecule has 1 saturated carbocycles. The van der Waals surface area contributed by atoms with E-state index >= 15 is 0 Å². The first-order chi connectivity index (χ1) is 7.89. The maximum Gasteiger partial charge on any atom is 0.0108 e. The summed E-state index contributed by atoms with van der Waals surface area (Å²) in [6, 6.07) is 11.1. The van der Waals surface area contributed by atoms with Crippen molar-refractivity contribution in [3.05, 3.63) is 35.9 Å². The second kappa shape index (κ2) is 4.19. The van der Waals surface area contributed by atoms with Gasteiger partial charge in [0.1, 0.15) is 0 Å². The average molecular weight is 216 g/mol. The Labute approximate surface area is 97.6 Å². The molecular weight excluding hydrogens is 196 g/mol. The van der Waals surface area contributed by atoms with Crippen LogP contribution in [0.1, 0.15) is 18.4 Å². The van der Waals surface area contributed by atoms with Crippen molar-refractivity contribution in [1.29, 1.82) is 0 Å². The summed E-state index contributed by atoms with van der Waals surface area (Å²) >= 11 is 0. The van der Waals surface area contributed by atoms with E-state index in [1.807, 2.05) is 0 Å². The van der Waals surface area contributed by atoms with E-state index < -0.39 is 0 Å². The number of benzene rings is 1. The van der Waals surface area contributed by atoms with Crippen LogP contribution in [-0.2, 0) is 5.41 Å². The van der Waals surface area contributed by atoms with Crippen molar-refractivity contribution in [2.75, 3.05) is 32.7 Å². The fourth-order valence-corrected chi connectivity index (χ4v) is 2.78. The molecule has 1 aliphatic carbocycles. The van der Waals surface area contributed by atoms with Crippen LogP contribution in [0.2, 0.25) is 0 Å². The lowest BCUT2D eigenvalue weighted by Crippen LogP contribution is -2.46. The summed E-state index contributed by atoms with van der Waals surface area (Å²) in [5, 5.41) is 3.42. The molecule has 0 aromatic heterocycles. The second-order valence-electron chi connectivity index (χ2n) is 5.17. The van der Waals surface area contributed by atoms with E-state index in [1.54, 1.807) is 5.56 Å². The van der Waals surface area contributed by atoms with Crippen LogP contribution in [0.5, 0.6) is 0 Å². The zero-order valence-electron chi connectivity index (χ0n) is 9.78. The molecule has 0 spiro atoms. The SMILES string of the molecule is c1ccc(C2(CN3CCNCC3)CC2)cc1. The summed E-state index contributed by atoms with van der Waals surface area (Å²) < 4.78 is 0. The first kappa shape index (κ1) is 10.3. The highest BCUT2D eigenvalue weighted by Crippen LogP contribution is 2.48. The quantitative estimate of drug-likeness (QED) is 0.826. The van der Waals surface area contributed by atoms with E-state index in [9.17, 15) is 0 Å². The molecule has 2 aliphatic rings. The van der Waals surface area contributed by atoms with Gasteiger partial charge in [-0.3, -0.25) is 4.90 Å². The third kappa shape index (κ3) is 2.00. The summed E-state index contributed by atoms with van der Waals surface area (Å²) in [5.74, 6) is 0. The molecule has 0 bridgehead atoms. The van der Waals surface area contributed by atoms with Crippen LogP contribution in [-0.4, -0.2) is 37.6 Å². The Kier molecular flexibility index (Phi) is 2.70. The van der Waals surface area contributed by atoms with Gasteiger partial charge in [-0.2, -0.15) is 0 Å². The fourth-order valence-electron chi connectivity index (χ4n) is 2.78. The Morgan fingerprint density at radius 3 is 2.38 bits per heavy atom. The molecule has 2 nitrogen and oxygen atoms in total. The van der Waals surface area contributed by atoms with Gasteiger partial charge in [-0.1, -0.05) is 30.3 Å². The minimum Gasteiger partial charge on any atom is -0.314 e. The Balaban J connectivity index is 1.69. The van der Waals surface area contributed by atoms with Crippen molar-refractivity contribution in [3.8, 4) is 0 Å². The van der Waals surface area contributed by atoms with Gasteiger partial charge in [0.25, 0.3) is 0 Å². The highest BCUT2D eigenvalue weighted by atomic mass is 15.2. The van der Waals surface area contributed by atoms with Gasteiger partial charge in [0.15, 0.2) is 0 Å². The molecule has 1 heterocycles. The van der Waals surface area contributed by atoms with Crippen LogP contribution in [0.25, 0.3) is 0 Å². The number of nitrogens with zero attached hydrogens (tertiary/aromatic N) is 1.